The monoisotopic (exact) mass is 214 g/mol. The summed E-state index contributed by atoms with van der Waals surface area (Å²) in [5.41, 5.74) is 2.24. The third-order valence-corrected chi connectivity index (χ3v) is 3.08. The Hall–Kier alpha value is -0.770. The Morgan fingerprint density at radius 2 is 2.27 bits per heavy atom. The van der Waals surface area contributed by atoms with Crippen LogP contribution in [-0.2, 0) is 4.84 Å². The predicted octanol–water partition coefficient (Wildman–Crippen LogP) is 2.06. The van der Waals surface area contributed by atoms with Gasteiger partial charge in [0.05, 0.1) is 7.11 Å². The van der Waals surface area contributed by atoms with Gasteiger partial charge in [0.1, 0.15) is 0 Å². The summed E-state index contributed by atoms with van der Waals surface area (Å²) in [6.07, 6.45) is 6.43. The van der Waals surface area contributed by atoms with Crippen LogP contribution >= 0.6 is 0 Å². The Balaban J connectivity index is 2.06. The van der Waals surface area contributed by atoms with Gasteiger partial charge in [-0.15, -0.1) is 0 Å². The van der Waals surface area contributed by atoms with E-state index in [1.807, 2.05) is 0 Å². The molecule has 88 valence electrons. The molecule has 4 heteroatoms. The van der Waals surface area contributed by atoms with E-state index < -0.39 is 0 Å². The number of rotatable bonds is 4. The first-order valence-corrected chi connectivity index (χ1v) is 5.79. The molecule has 15 heavy (non-hydrogen) atoms. The summed E-state index contributed by atoms with van der Waals surface area (Å²) in [4.78, 5) is 15.5. The maximum absolute atomic E-state index is 11.0. The SMILES string of the molecule is CONC(=O)NCC[C@H]1CCC[C@H](C)C1. The lowest BCUT2D eigenvalue weighted by Gasteiger charge is -2.26. The maximum Gasteiger partial charge on any atom is 0.338 e. The van der Waals surface area contributed by atoms with Gasteiger partial charge in [-0.25, -0.2) is 10.3 Å². The average Bonchev–Trinajstić information content (AvgIpc) is 2.18. The first kappa shape index (κ1) is 12.3. The zero-order valence-electron chi connectivity index (χ0n) is 9.71. The molecule has 0 aliphatic heterocycles. The summed E-state index contributed by atoms with van der Waals surface area (Å²) >= 11 is 0. The van der Waals surface area contributed by atoms with Crippen molar-refractivity contribution in [2.45, 2.75) is 39.0 Å². The molecule has 2 amide bonds. The van der Waals surface area contributed by atoms with Crippen LogP contribution in [0.2, 0.25) is 0 Å². The Morgan fingerprint density at radius 1 is 1.47 bits per heavy atom. The second-order valence-corrected chi connectivity index (χ2v) is 4.49. The second-order valence-electron chi connectivity index (χ2n) is 4.49. The fourth-order valence-corrected chi connectivity index (χ4v) is 2.34. The summed E-state index contributed by atoms with van der Waals surface area (Å²) in [6.45, 7) is 3.06. The summed E-state index contributed by atoms with van der Waals surface area (Å²) in [5.74, 6) is 1.65. The molecule has 0 bridgehead atoms. The molecule has 0 saturated heterocycles. The van der Waals surface area contributed by atoms with E-state index in [0.29, 0.717) is 0 Å². The number of hydrogen-bond donors (Lipinski definition) is 2. The predicted molar refractivity (Wildman–Crippen MR) is 59.3 cm³/mol. The van der Waals surface area contributed by atoms with E-state index in [1.165, 1.54) is 32.8 Å². The van der Waals surface area contributed by atoms with Crippen molar-refractivity contribution in [2.75, 3.05) is 13.7 Å². The van der Waals surface area contributed by atoms with Crippen molar-refractivity contribution >= 4 is 6.03 Å². The molecule has 0 heterocycles. The lowest BCUT2D eigenvalue weighted by Crippen LogP contribution is -2.36. The van der Waals surface area contributed by atoms with Crippen molar-refractivity contribution in [3.05, 3.63) is 0 Å². The van der Waals surface area contributed by atoms with Crippen LogP contribution in [0.3, 0.4) is 0 Å². The number of hydroxylamine groups is 1. The summed E-state index contributed by atoms with van der Waals surface area (Å²) in [6, 6.07) is -0.249. The molecule has 0 aromatic rings. The molecule has 1 fully saturated rings. The molecule has 0 aromatic carbocycles. The van der Waals surface area contributed by atoms with Gasteiger partial charge in [0.25, 0.3) is 0 Å². The molecule has 0 aromatic heterocycles. The summed E-state index contributed by atoms with van der Waals surface area (Å²) in [7, 11) is 1.43. The van der Waals surface area contributed by atoms with E-state index in [2.05, 4.69) is 22.6 Å². The topological polar surface area (TPSA) is 50.4 Å². The number of urea groups is 1. The van der Waals surface area contributed by atoms with E-state index in [0.717, 1.165) is 24.8 Å². The maximum atomic E-state index is 11.0. The van der Waals surface area contributed by atoms with Gasteiger partial charge in [-0.2, -0.15) is 0 Å². The third-order valence-electron chi connectivity index (χ3n) is 3.08. The van der Waals surface area contributed by atoms with Crippen LogP contribution in [0, 0.1) is 11.8 Å². The highest BCUT2D eigenvalue weighted by Crippen LogP contribution is 2.30. The second kappa shape index (κ2) is 6.67. The number of hydrogen-bond acceptors (Lipinski definition) is 2. The van der Waals surface area contributed by atoms with Gasteiger partial charge >= 0.3 is 6.03 Å². The number of carbonyl (C=O) groups is 1. The fourth-order valence-electron chi connectivity index (χ4n) is 2.34. The molecule has 1 aliphatic rings. The zero-order valence-corrected chi connectivity index (χ0v) is 9.71. The van der Waals surface area contributed by atoms with Crippen molar-refractivity contribution < 1.29 is 9.63 Å². The molecule has 0 unspecified atom stereocenters. The van der Waals surface area contributed by atoms with E-state index in [9.17, 15) is 4.79 Å². The Labute approximate surface area is 91.7 Å². The minimum absolute atomic E-state index is 0.249. The molecule has 1 rings (SSSR count). The first-order valence-electron chi connectivity index (χ1n) is 5.79. The van der Waals surface area contributed by atoms with E-state index >= 15 is 0 Å². The highest BCUT2D eigenvalue weighted by Gasteiger charge is 2.18. The van der Waals surface area contributed by atoms with E-state index in [4.69, 9.17) is 0 Å². The lowest BCUT2D eigenvalue weighted by molar-refractivity contribution is 0.107. The lowest BCUT2D eigenvalue weighted by atomic mass is 9.81. The number of nitrogens with one attached hydrogen (secondary N) is 2. The zero-order chi connectivity index (χ0) is 11.1. The first-order chi connectivity index (χ1) is 7.22. The number of amides is 2. The molecule has 2 atom stereocenters. The van der Waals surface area contributed by atoms with Crippen LogP contribution in [0.15, 0.2) is 0 Å². The summed E-state index contributed by atoms with van der Waals surface area (Å²) in [5, 5.41) is 2.77. The van der Waals surface area contributed by atoms with Gasteiger partial charge in [0, 0.05) is 6.54 Å². The Bertz CT molecular complexity index is 197. The van der Waals surface area contributed by atoms with Crippen LogP contribution < -0.4 is 10.8 Å². The smallest absolute Gasteiger partial charge is 0.336 e. The normalized spacial score (nSPS) is 26.0. The van der Waals surface area contributed by atoms with Gasteiger partial charge in [-0.05, 0) is 24.7 Å². The largest absolute Gasteiger partial charge is 0.338 e. The molecule has 1 saturated carbocycles. The average molecular weight is 214 g/mol. The molecule has 0 radical (unpaired) electrons. The standard InChI is InChI=1S/C11H22N2O2/c1-9-4-3-5-10(8-9)6-7-12-11(14)13-15-2/h9-10H,3-8H2,1-2H3,(H2,12,13,14)/t9-,10+/m0/s1. The molecular formula is C11H22N2O2. The van der Waals surface area contributed by atoms with Gasteiger partial charge < -0.3 is 5.32 Å². The van der Waals surface area contributed by atoms with Crippen molar-refractivity contribution in [2.24, 2.45) is 11.8 Å². The molecule has 1 aliphatic carbocycles. The van der Waals surface area contributed by atoms with Crippen LogP contribution in [0.5, 0.6) is 0 Å². The van der Waals surface area contributed by atoms with Crippen LogP contribution in [0.1, 0.15) is 39.0 Å². The van der Waals surface area contributed by atoms with Crippen LogP contribution in [-0.4, -0.2) is 19.7 Å². The van der Waals surface area contributed by atoms with Crippen LogP contribution in [0.4, 0.5) is 4.79 Å². The summed E-state index contributed by atoms with van der Waals surface area (Å²) < 4.78 is 0. The van der Waals surface area contributed by atoms with Crippen molar-refractivity contribution in [1.29, 1.82) is 0 Å². The Kier molecular flexibility index (Phi) is 5.47. The van der Waals surface area contributed by atoms with Crippen molar-refractivity contribution in [1.82, 2.24) is 10.8 Å². The molecule has 4 nitrogen and oxygen atoms in total. The highest BCUT2D eigenvalue weighted by molar-refractivity contribution is 5.72. The highest BCUT2D eigenvalue weighted by atomic mass is 16.6. The minimum Gasteiger partial charge on any atom is -0.336 e. The van der Waals surface area contributed by atoms with Crippen LogP contribution in [0.25, 0.3) is 0 Å². The van der Waals surface area contributed by atoms with Gasteiger partial charge in [0.15, 0.2) is 0 Å². The third kappa shape index (κ3) is 5.02. The number of carbonyl (C=O) groups excluding carboxylic acids is 1. The molecule has 0 spiro atoms. The molecule has 2 N–H and O–H groups in total. The fraction of sp³-hybridized carbons (Fsp3) is 0.909. The van der Waals surface area contributed by atoms with E-state index in [1.54, 1.807) is 0 Å². The Morgan fingerprint density at radius 3 is 2.93 bits per heavy atom. The van der Waals surface area contributed by atoms with E-state index in [-0.39, 0.29) is 6.03 Å². The van der Waals surface area contributed by atoms with Gasteiger partial charge in [-0.1, -0.05) is 26.2 Å². The van der Waals surface area contributed by atoms with Gasteiger partial charge in [-0.3, -0.25) is 4.84 Å². The van der Waals surface area contributed by atoms with Crippen molar-refractivity contribution in [3.63, 3.8) is 0 Å². The van der Waals surface area contributed by atoms with Gasteiger partial charge in [0.2, 0.25) is 0 Å². The minimum atomic E-state index is -0.249. The molecular weight excluding hydrogens is 192 g/mol. The van der Waals surface area contributed by atoms with Crippen molar-refractivity contribution in [3.8, 4) is 0 Å². The quantitative estimate of drug-likeness (QED) is 0.704.